The molecule has 0 radical (unpaired) electrons. The molecule has 0 bridgehead atoms. The summed E-state index contributed by atoms with van der Waals surface area (Å²) in [6.45, 7) is 1.77. The van der Waals surface area contributed by atoms with Crippen molar-refractivity contribution in [2.45, 2.75) is 25.9 Å². The third-order valence-electron chi connectivity index (χ3n) is 2.15. The van der Waals surface area contributed by atoms with Crippen molar-refractivity contribution in [2.24, 2.45) is 0 Å². The largest absolute Gasteiger partial charge is 0.493 e. The monoisotopic (exact) mass is 246 g/mol. The quantitative estimate of drug-likeness (QED) is 0.586. The van der Waals surface area contributed by atoms with E-state index in [1.165, 1.54) is 0 Å². The Labute approximate surface area is 97.4 Å². The lowest BCUT2D eigenvalue weighted by molar-refractivity contribution is -0.136. The number of carbonyl (C=O) groups excluding carboxylic acids is 1. The Bertz CT molecular complexity index is 386. The van der Waals surface area contributed by atoms with Crippen molar-refractivity contribution in [3.63, 3.8) is 0 Å². The molecule has 0 aliphatic rings. The summed E-state index contributed by atoms with van der Waals surface area (Å²) >= 11 is 0. The zero-order valence-electron chi connectivity index (χ0n) is 9.38. The number of ether oxygens (including phenoxy) is 1. The van der Waals surface area contributed by atoms with Crippen LogP contribution in [0.1, 0.15) is 28.8 Å². The van der Waals surface area contributed by atoms with Crippen LogP contribution in [0.25, 0.3) is 0 Å². The van der Waals surface area contributed by atoms with Gasteiger partial charge in [0, 0.05) is 6.42 Å². The summed E-state index contributed by atoms with van der Waals surface area (Å²) < 4.78 is 40.8. The molecular formula is C12H13F3O2. The van der Waals surface area contributed by atoms with E-state index in [0.717, 1.165) is 5.56 Å². The van der Waals surface area contributed by atoms with E-state index < -0.39 is 12.6 Å². The van der Waals surface area contributed by atoms with Gasteiger partial charge in [0.25, 0.3) is 0 Å². The molecule has 5 heteroatoms. The molecule has 0 amide bonds. The number of aryl methyl sites for hydroxylation is 1. The molecule has 1 aromatic carbocycles. The Morgan fingerprint density at radius 1 is 1.35 bits per heavy atom. The summed E-state index contributed by atoms with van der Waals surface area (Å²) in [4.78, 5) is 10.7. The minimum absolute atomic E-state index is 0.0522. The molecule has 0 N–H and O–H groups in total. The molecule has 17 heavy (non-hydrogen) atoms. The lowest BCUT2D eigenvalue weighted by atomic mass is 10.1. The van der Waals surface area contributed by atoms with Crippen molar-refractivity contribution >= 4 is 6.29 Å². The predicted octanol–water partition coefficient (Wildman–Crippen LogP) is 3.53. The fourth-order valence-electron chi connectivity index (χ4n) is 1.35. The molecule has 2 nitrogen and oxygen atoms in total. The van der Waals surface area contributed by atoms with E-state index in [1.54, 1.807) is 18.2 Å². The van der Waals surface area contributed by atoms with E-state index in [0.29, 0.717) is 17.6 Å². The van der Waals surface area contributed by atoms with Crippen LogP contribution in [0.3, 0.4) is 0 Å². The van der Waals surface area contributed by atoms with Gasteiger partial charge in [-0.25, -0.2) is 0 Å². The first-order valence-electron chi connectivity index (χ1n) is 5.18. The average Bonchev–Trinajstić information content (AvgIpc) is 2.24. The maximum absolute atomic E-state index is 11.9. The van der Waals surface area contributed by atoms with Crippen LogP contribution in [0.2, 0.25) is 0 Å². The number of hydrogen-bond donors (Lipinski definition) is 0. The maximum atomic E-state index is 11.9. The van der Waals surface area contributed by atoms with Gasteiger partial charge in [-0.3, -0.25) is 4.79 Å². The van der Waals surface area contributed by atoms with Gasteiger partial charge in [0.05, 0.1) is 12.2 Å². The number of hydrogen-bond acceptors (Lipinski definition) is 2. The van der Waals surface area contributed by atoms with E-state index in [-0.39, 0.29) is 13.0 Å². The van der Waals surface area contributed by atoms with Gasteiger partial charge < -0.3 is 4.74 Å². The number of aldehydes is 1. The van der Waals surface area contributed by atoms with Gasteiger partial charge in [-0.15, -0.1) is 0 Å². The third kappa shape index (κ3) is 4.89. The highest BCUT2D eigenvalue weighted by molar-refractivity contribution is 5.79. The Morgan fingerprint density at radius 2 is 2.06 bits per heavy atom. The van der Waals surface area contributed by atoms with Crippen LogP contribution in [0.15, 0.2) is 18.2 Å². The second kappa shape index (κ2) is 5.70. The number of halogens is 3. The molecule has 0 atom stereocenters. The molecule has 0 fully saturated rings. The highest BCUT2D eigenvalue weighted by atomic mass is 19.4. The molecule has 0 spiro atoms. The number of alkyl halides is 3. The molecule has 0 aliphatic carbocycles. The van der Waals surface area contributed by atoms with Crippen molar-refractivity contribution in [1.82, 2.24) is 0 Å². The van der Waals surface area contributed by atoms with Crippen molar-refractivity contribution in [3.8, 4) is 5.75 Å². The summed E-state index contributed by atoms with van der Waals surface area (Å²) in [7, 11) is 0. The van der Waals surface area contributed by atoms with Gasteiger partial charge in [0.1, 0.15) is 5.75 Å². The second-order valence-electron chi connectivity index (χ2n) is 3.73. The van der Waals surface area contributed by atoms with E-state index >= 15 is 0 Å². The van der Waals surface area contributed by atoms with Gasteiger partial charge in [-0.2, -0.15) is 13.2 Å². The van der Waals surface area contributed by atoms with E-state index in [4.69, 9.17) is 4.74 Å². The molecule has 0 saturated carbocycles. The van der Waals surface area contributed by atoms with Crippen LogP contribution in [0, 0.1) is 6.92 Å². The van der Waals surface area contributed by atoms with Gasteiger partial charge in [0.15, 0.2) is 6.29 Å². The minimum Gasteiger partial charge on any atom is -0.493 e. The van der Waals surface area contributed by atoms with Crippen LogP contribution in [0.4, 0.5) is 13.2 Å². The third-order valence-corrected chi connectivity index (χ3v) is 2.15. The van der Waals surface area contributed by atoms with Crippen molar-refractivity contribution in [3.05, 3.63) is 29.3 Å². The predicted molar refractivity (Wildman–Crippen MR) is 57.4 cm³/mol. The zero-order chi connectivity index (χ0) is 12.9. The number of benzene rings is 1. The smallest absolute Gasteiger partial charge is 0.389 e. The maximum Gasteiger partial charge on any atom is 0.389 e. The summed E-state index contributed by atoms with van der Waals surface area (Å²) in [6.07, 6.45) is -4.53. The van der Waals surface area contributed by atoms with Crippen LogP contribution in [0.5, 0.6) is 5.75 Å². The first-order chi connectivity index (χ1) is 7.92. The van der Waals surface area contributed by atoms with E-state index in [1.807, 2.05) is 6.92 Å². The lowest BCUT2D eigenvalue weighted by Crippen LogP contribution is -2.10. The first kappa shape index (κ1) is 13.5. The zero-order valence-corrected chi connectivity index (χ0v) is 9.38. The topological polar surface area (TPSA) is 26.3 Å². The highest BCUT2D eigenvalue weighted by Gasteiger charge is 2.26. The second-order valence-corrected chi connectivity index (χ2v) is 3.73. The van der Waals surface area contributed by atoms with Gasteiger partial charge in [-0.05, 0) is 25.5 Å². The lowest BCUT2D eigenvalue weighted by Gasteiger charge is -2.10. The molecule has 0 unspecified atom stereocenters. The van der Waals surface area contributed by atoms with E-state index in [9.17, 15) is 18.0 Å². The van der Waals surface area contributed by atoms with Crippen LogP contribution in [-0.2, 0) is 0 Å². The SMILES string of the molecule is Cc1ccc(OCCCC(F)(F)F)c(C=O)c1. The molecule has 0 saturated heterocycles. The molecule has 1 rings (SSSR count). The van der Waals surface area contributed by atoms with Gasteiger partial charge in [0.2, 0.25) is 0 Å². The Kier molecular flexibility index (Phi) is 4.54. The van der Waals surface area contributed by atoms with Crippen LogP contribution in [-0.4, -0.2) is 19.1 Å². The summed E-state index contributed by atoms with van der Waals surface area (Å²) in [5.41, 5.74) is 1.26. The molecule has 94 valence electrons. The van der Waals surface area contributed by atoms with Gasteiger partial charge >= 0.3 is 6.18 Å². The van der Waals surface area contributed by atoms with Crippen molar-refractivity contribution in [1.29, 1.82) is 0 Å². The Hall–Kier alpha value is -1.52. The fourth-order valence-corrected chi connectivity index (χ4v) is 1.35. The number of rotatable bonds is 5. The summed E-state index contributed by atoms with van der Waals surface area (Å²) in [6, 6.07) is 4.96. The fraction of sp³-hybridized carbons (Fsp3) is 0.417. The summed E-state index contributed by atoms with van der Waals surface area (Å²) in [5, 5.41) is 0. The highest BCUT2D eigenvalue weighted by Crippen LogP contribution is 2.22. The minimum atomic E-state index is -4.16. The first-order valence-corrected chi connectivity index (χ1v) is 5.18. The van der Waals surface area contributed by atoms with Crippen LogP contribution >= 0.6 is 0 Å². The molecule has 1 aromatic rings. The van der Waals surface area contributed by atoms with Gasteiger partial charge in [-0.1, -0.05) is 11.6 Å². The van der Waals surface area contributed by atoms with Crippen molar-refractivity contribution in [2.75, 3.05) is 6.61 Å². The molecule has 0 heterocycles. The van der Waals surface area contributed by atoms with Crippen LogP contribution < -0.4 is 4.74 Å². The number of carbonyl (C=O) groups is 1. The standard InChI is InChI=1S/C12H13F3O2/c1-9-3-4-11(10(7-9)8-16)17-6-2-5-12(13,14)15/h3-4,7-8H,2,5-6H2,1H3. The normalized spacial score (nSPS) is 11.3. The molecular weight excluding hydrogens is 233 g/mol. The Morgan fingerprint density at radius 3 is 2.65 bits per heavy atom. The summed E-state index contributed by atoms with van der Waals surface area (Å²) in [5.74, 6) is 0.327. The van der Waals surface area contributed by atoms with Crippen molar-refractivity contribution < 1.29 is 22.7 Å². The molecule has 0 aliphatic heterocycles. The Balaban J connectivity index is 2.49. The average molecular weight is 246 g/mol. The molecule has 0 aromatic heterocycles. The van der Waals surface area contributed by atoms with E-state index in [2.05, 4.69) is 0 Å².